The van der Waals surface area contributed by atoms with Crippen molar-refractivity contribution in [3.8, 4) is 5.75 Å². The summed E-state index contributed by atoms with van der Waals surface area (Å²) in [6.07, 6.45) is 3.29. The molecule has 1 N–H and O–H groups in total. The van der Waals surface area contributed by atoms with Gasteiger partial charge in [0.05, 0.1) is 0 Å². The van der Waals surface area contributed by atoms with E-state index in [-0.39, 0.29) is 0 Å². The van der Waals surface area contributed by atoms with E-state index in [0.29, 0.717) is 11.8 Å². The van der Waals surface area contributed by atoms with Crippen molar-refractivity contribution in [1.29, 1.82) is 0 Å². The highest BCUT2D eigenvalue weighted by molar-refractivity contribution is 5.86. The summed E-state index contributed by atoms with van der Waals surface area (Å²) in [4.78, 5) is 12.1. The third-order valence-corrected chi connectivity index (χ3v) is 4.60. The third kappa shape index (κ3) is 2.19. The van der Waals surface area contributed by atoms with Crippen molar-refractivity contribution >= 4 is 11.8 Å². The number of rotatable bonds is 2. The van der Waals surface area contributed by atoms with Gasteiger partial charge in [-0.05, 0) is 54.9 Å². The maximum Gasteiger partial charge on any atom is 0.417 e. The van der Waals surface area contributed by atoms with Gasteiger partial charge in [0.1, 0.15) is 5.75 Å². The Morgan fingerprint density at radius 2 is 1.81 bits per heavy atom. The predicted molar refractivity (Wildman–Crippen MR) is 81.9 cm³/mol. The summed E-state index contributed by atoms with van der Waals surface area (Å²) < 4.78 is 5.56. The van der Waals surface area contributed by atoms with Crippen LogP contribution >= 0.6 is 0 Å². The first kappa shape index (κ1) is 12.5. The van der Waals surface area contributed by atoms with Crippen molar-refractivity contribution < 1.29 is 9.53 Å². The smallest absolute Gasteiger partial charge is 0.410 e. The van der Waals surface area contributed by atoms with Crippen LogP contribution in [0, 0.1) is 0 Å². The molecule has 0 spiro atoms. The molecule has 2 aromatic carbocycles. The monoisotopic (exact) mass is 279 g/mol. The zero-order valence-corrected chi connectivity index (χ0v) is 11.7. The average molecular weight is 279 g/mol. The Balaban J connectivity index is 1.55. The molecule has 1 amide bonds. The van der Waals surface area contributed by atoms with Gasteiger partial charge in [-0.3, -0.25) is 5.32 Å². The van der Waals surface area contributed by atoms with Crippen LogP contribution in [0.2, 0.25) is 0 Å². The summed E-state index contributed by atoms with van der Waals surface area (Å²) in [5.41, 5.74) is 3.39. The average Bonchev–Trinajstić information content (AvgIpc) is 3.10. The summed E-state index contributed by atoms with van der Waals surface area (Å²) >= 11 is 0. The lowest BCUT2D eigenvalue weighted by Crippen LogP contribution is -2.18. The minimum Gasteiger partial charge on any atom is -0.410 e. The number of carbonyl (C=O) groups excluding carboxylic acids is 1. The van der Waals surface area contributed by atoms with Crippen LogP contribution in [0.3, 0.4) is 0 Å². The molecule has 106 valence electrons. The number of nitrogens with one attached hydrogen (secondary N) is 1. The molecule has 2 aliphatic rings. The largest absolute Gasteiger partial charge is 0.417 e. The Bertz CT molecular complexity index is 681. The van der Waals surface area contributed by atoms with Gasteiger partial charge in [-0.2, -0.15) is 0 Å². The van der Waals surface area contributed by atoms with Crippen LogP contribution in [0.4, 0.5) is 10.5 Å². The molecule has 1 fully saturated rings. The normalized spacial score (nSPS) is 21.9. The summed E-state index contributed by atoms with van der Waals surface area (Å²) in [5, 5.41) is 2.76. The first-order valence-corrected chi connectivity index (χ1v) is 7.48. The van der Waals surface area contributed by atoms with Crippen molar-refractivity contribution in [2.24, 2.45) is 0 Å². The molecule has 3 nitrogen and oxygen atoms in total. The van der Waals surface area contributed by atoms with E-state index in [1.54, 1.807) is 0 Å². The van der Waals surface area contributed by atoms with Crippen molar-refractivity contribution in [1.82, 2.24) is 0 Å². The Kier molecular flexibility index (Phi) is 2.92. The maximum atomic E-state index is 12.1. The van der Waals surface area contributed by atoms with E-state index in [1.807, 2.05) is 42.5 Å². The van der Waals surface area contributed by atoms with E-state index in [1.165, 1.54) is 30.4 Å². The summed E-state index contributed by atoms with van der Waals surface area (Å²) in [5.74, 6) is 1.98. The summed E-state index contributed by atoms with van der Waals surface area (Å²) in [6, 6.07) is 15.5. The minimum absolute atomic E-state index is 0.419. The molecule has 2 aliphatic carbocycles. The van der Waals surface area contributed by atoms with E-state index < -0.39 is 6.09 Å². The number of para-hydroxylation sites is 1. The fraction of sp³-hybridized carbons (Fsp3) is 0.278. The second kappa shape index (κ2) is 4.92. The third-order valence-electron chi connectivity index (χ3n) is 4.60. The molecular weight excluding hydrogens is 262 g/mol. The van der Waals surface area contributed by atoms with Crippen LogP contribution in [0.15, 0.2) is 48.5 Å². The summed E-state index contributed by atoms with van der Waals surface area (Å²) in [6.45, 7) is 0. The van der Waals surface area contributed by atoms with Gasteiger partial charge in [-0.25, -0.2) is 4.79 Å². The van der Waals surface area contributed by atoms with Crippen LogP contribution in [0.25, 0.3) is 0 Å². The highest BCUT2D eigenvalue weighted by atomic mass is 16.6. The molecule has 0 aliphatic heterocycles. The standard InChI is InChI=1S/C18H17NO2/c20-18(19-14-5-2-1-3-6-14)21-16-8-4-7-15-12-9-10-13(11-12)17(15)16/h1-8,12-13H,9-11H2,(H,19,20). The van der Waals surface area contributed by atoms with E-state index in [0.717, 1.165) is 11.4 Å². The van der Waals surface area contributed by atoms with Gasteiger partial charge >= 0.3 is 6.09 Å². The van der Waals surface area contributed by atoms with Gasteiger partial charge < -0.3 is 4.74 Å². The van der Waals surface area contributed by atoms with Crippen molar-refractivity contribution in [2.75, 3.05) is 5.32 Å². The van der Waals surface area contributed by atoms with E-state index >= 15 is 0 Å². The van der Waals surface area contributed by atoms with Crippen LogP contribution < -0.4 is 10.1 Å². The Morgan fingerprint density at radius 3 is 2.67 bits per heavy atom. The Labute approximate surface area is 123 Å². The van der Waals surface area contributed by atoms with Gasteiger partial charge in [0.25, 0.3) is 0 Å². The molecule has 0 saturated heterocycles. The van der Waals surface area contributed by atoms with Gasteiger partial charge in [-0.1, -0.05) is 30.3 Å². The number of benzene rings is 2. The molecule has 2 atom stereocenters. The van der Waals surface area contributed by atoms with Crippen LogP contribution in [-0.2, 0) is 0 Å². The van der Waals surface area contributed by atoms with Crippen LogP contribution in [0.1, 0.15) is 42.2 Å². The number of carbonyl (C=O) groups is 1. The van der Waals surface area contributed by atoms with Crippen molar-refractivity contribution in [2.45, 2.75) is 31.1 Å². The van der Waals surface area contributed by atoms with Gasteiger partial charge in [0.15, 0.2) is 0 Å². The maximum absolute atomic E-state index is 12.1. The van der Waals surface area contributed by atoms with Crippen molar-refractivity contribution in [3.05, 3.63) is 59.7 Å². The lowest BCUT2D eigenvalue weighted by molar-refractivity contribution is 0.214. The zero-order chi connectivity index (χ0) is 14.2. The fourth-order valence-electron chi connectivity index (χ4n) is 3.73. The molecule has 0 aromatic heterocycles. The lowest BCUT2D eigenvalue weighted by Gasteiger charge is -2.18. The van der Waals surface area contributed by atoms with Gasteiger partial charge in [0.2, 0.25) is 0 Å². The molecule has 1 saturated carbocycles. The lowest BCUT2D eigenvalue weighted by atomic mass is 9.91. The van der Waals surface area contributed by atoms with Crippen LogP contribution in [0.5, 0.6) is 5.75 Å². The highest BCUT2D eigenvalue weighted by Crippen LogP contribution is 2.55. The second-order valence-electron chi connectivity index (χ2n) is 5.85. The molecule has 0 radical (unpaired) electrons. The molecule has 2 aromatic rings. The first-order valence-electron chi connectivity index (χ1n) is 7.48. The number of ether oxygens (including phenoxy) is 1. The van der Waals surface area contributed by atoms with Gasteiger partial charge in [0, 0.05) is 11.3 Å². The Hall–Kier alpha value is -2.29. The number of fused-ring (bicyclic) bond motifs is 5. The quantitative estimate of drug-likeness (QED) is 0.868. The van der Waals surface area contributed by atoms with Crippen molar-refractivity contribution in [3.63, 3.8) is 0 Å². The van der Waals surface area contributed by atoms with E-state index in [4.69, 9.17) is 4.74 Å². The predicted octanol–water partition coefficient (Wildman–Crippen LogP) is 4.66. The fourth-order valence-corrected chi connectivity index (χ4v) is 3.73. The summed E-state index contributed by atoms with van der Waals surface area (Å²) in [7, 11) is 0. The topological polar surface area (TPSA) is 38.3 Å². The van der Waals surface area contributed by atoms with Gasteiger partial charge in [-0.15, -0.1) is 0 Å². The molecule has 2 unspecified atom stereocenters. The zero-order valence-electron chi connectivity index (χ0n) is 11.7. The Morgan fingerprint density at radius 1 is 1.00 bits per heavy atom. The van der Waals surface area contributed by atoms with E-state index in [9.17, 15) is 4.79 Å². The first-order chi connectivity index (χ1) is 10.3. The molecule has 3 heteroatoms. The number of hydrogen-bond acceptors (Lipinski definition) is 2. The van der Waals surface area contributed by atoms with Crippen LogP contribution in [-0.4, -0.2) is 6.09 Å². The number of anilines is 1. The molecular formula is C18H17NO2. The minimum atomic E-state index is -0.419. The SMILES string of the molecule is O=C(Nc1ccccc1)Oc1cccc2c1C1CCC2C1. The molecule has 21 heavy (non-hydrogen) atoms. The molecule has 0 heterocycles. The second-order valence-corrected chi connectivity index (χ2v) is 5.85. The molecule has 2 bridgehead atoms. The number of amides is 1. The molecule has 4 rings (SSSR count). The highest BCUT2D eigenvalue weighted by Gasteiger charge is 2.39. The number of hydrogen-bond donors (Lipinski definition) is 1. The van der Waals surface area contributed by atoms with E-state index in [2.05, 4.69) is 11.4 Å².